The maximum Gasteiger partial charge on any atom is 0.328 e. The molecule has 0 aromatic heterocycles. The number of methoxy groups -OCH3 is 1. The number of hydrogen-bond acceptors (Lipinski definition) is 4. The van der Waals surface area contributed by atoms with Crippen LogP contribution >= 0.6 is 0 Å². The van der Waals surface area contributed by atoms with Crippen LogP contribution in [-0.4, -0.2) is 42.5 Å². The van der Waals surface area contributed by atoms with Crippen molar-refractivity contribution in [3.8, 4) is 0 Å². The van der Waals surface area contributed by atoms with Gasteiger partial charge in [0.2, 0.25) is 0 Å². The van der Waals surface area contributed by atoms with E-state index in [2.05, 4.69) is 10.0 Å². The molecule has 0 aliphatic carbocycles. The maximum absolute atomic E-state index is 12.4. The Morgan fingerprint density at radius 2 is 2.10 bits per heavy atom. The first-order valence-electron chi connectivity index (χ1n) is 6.15. The number of benzene rings is 1. The van der Waals surface area contributed by atoms with Crippen LogP contribution in [0.1, 0.15) is 16.8 Å². The summed E-state index contributed by atoms with van der Waals surface area (Å²) < 4.78 is 4.71. The van der Waals surface area contributed by atoms with E-state index in [4.69, 9.17) is 10.3 Å². The number of carbonyl (C=O) groups excluding carboxylic acids is 2. The van der Waals surface area contributed by atoms with Gasteiger partial charge in [0, 0.05) is 17.0 Å². The number of carbonyl (C=O) groups is 2. The van der Waals surface area contributed by atoms with E-state index in [-0.39, 0.29) is 18.9 Å². The van der Waals surface area contributed by atoms with Crippen molar-refractivity contribution >= 4 is 11.9 Å². The highest BCUT2D eigenvalue weighted by Gasteiger charge is 2.40. The van der Waals surface area contributed by atoms with E-state index in [1.165, 1.54) is 12.0 Å². The minimum Gasteiger partial charge on any atom is -0.467 e. The summed E-state index contributed by atoms with van der Waals surface area (Å²) in [5.41, 5.74) is 8.98. The summed E-state index contributed by atoms with van der Waals surface area (Å²) in [7, 11) is 1.27. The molecular formula is C13H14N4O3. The predicted octanol–water partition coefficient (Wildman–Crippen LogP) is 1.75. The summed E-state index contributed by atoms with van der Waals surface area (Å²) in [4.78, 5) is 28.3. The molecule has 2 rings (SSSR count). The number of esters is 1. The lowest BCUT2D eigenvalue weighted by molar-refractivity contribution is -0.145. The molecule has 0 bridgehead atoms. The standard InChI is InChI=1S/C13H14N4O3/c1-20-13(19)11-7-10(15-16-14)8-17(11)12(18)9-5-3-2-4-6-9/h2-6,10-11H,7-8H2,1H3/t10-,11+/m1/s1. The fourth-order valence-electron chi connectivity index (χ4n) is 2.30. The number of hydrogen-bond donors (Lipinski definition) is 0. The zero-order valence-electron chi connectivity index (χ0n) is 11.0. The van der Waals surface area contributed by atoms with E-state index in [1.54, 1.807) is 30.3 Å². The molecule has 0 radical (unpaired) electrons. The summed E-state index contributed by atoms with van der Waals surface area (Å²) in [6, 6.07) is 7.55. The lowest BCUT2D eigenvalue weighted by atomic mass is 10.1. The predicted molar refractivity (Wildman–Crippen MR) is 70.8 cm³/mol. The first-order chi connectivity index (χ1) is 9.67. The van der Waals surface area contributed by atoms with Gasteiger partial charge in [-0.05, 0) is 24.1 Å². The Bertz CT molecular complexity index is 554. The molecule has 1 aromatic rings. The van der Waals surface area contributed by atoms with Crippen molar-refractivity contribution < 1.29 is 14.3 Å². The molecule has 1 saturated heterocycles. The second-order valence-corrected chi connectivity index (χ2v) is 4.46. The van der Waals surface area contributed by atoms with Crippen LogP contribution in [0.15, 0.2) is 35.4 Å². The molecule has 0 N–H and O–H groups in total. The largest absolute Gasteiger partial charge is 0.467 e. The molecule has 1 fully saturated rings. The van der Waals surface area contributed by atoms with Gasteiger partial charge in [-0.25, -0.2) is 4.79 Å². The van der Waals surface area contributed by atoms with Gasteiger partial charge >= 0.3 is 5.97 Å². The number of azide groups is 1. The van der Waals surface area contributed by atoms with Crippen molar-refractivity contribution in [2.24, 2.45) is 5.11 Å². The molecule has 1 aliphatic rings. The van der Waals surface area contributed by atoms with Gasteiger partial charge in [0.25, 0.3) is 5.91 Å². The van der Waals surface area contributed by atoms with Gasteiger partial charge < -0.3 is 9.64 Å². The normalized spacial score (nSPS) is 21.1. The van der Waals surface area contributed by atoms with E-state index in [9.17, 15) is 9.59 Å². The highest BCUT2D eigenvalue weighted by atomic mass is 16.5. The van der Waals surface area contributed by atoms with Gasteiger partial charge in [-0.15, -0.1) is 0 Å². The first kappa shape index (κ1) is 13.9. The Labute approximate surface area is 115 Å². The molecule has 0 spiro atoms. The fourth-order valence-corrected chi connectivity index (χ4v) is 2.30. The van der Waals surface area contributed by atoms with Crippen LogP contribution in [0.5, 0.6) is 0 Å². The molecule has 0 unspecified atom stereocenters. The molecule has 20 heavy (non-hydrogen) atoms. The number of likely N-dealkylation sites (tertiary alicyclic amines) is 1. The lowest BCUT2D eigenvalue weighted by Gasteiger charge is -2.22. The summed E-state index contributed by atoms with van der Waals surface area (Å²) >= 11 is 0. The SMILES string of the molecule is COC(=O)[C@@H]1C[C@@H](N=[N+]=[N-])CN1C(=O)c1ccccc1. The molecule has 1 aromatic carbocycles. The van der Waals surface area contributed by atoms with Crippen LogP contribution in [0.25, 0.3) is 10.4 Å². The van der Waals surface area contributed by atoms with E-state index in [1.807, 2.05) is 0 Å². The van der Waals surface area contributed by atoms with Crippen molar-refractivity contribution in [3.05, 3.63) is 46.3 Å². The molecule has 0 saturated carbocycles. The first-order valence-corrected chi connectivity index (χ1v) is 6.15. The molecular weight excluding hydrogens is 260 g/mol. The average molecular weight is 274 g/mol. The lowest BCUT2D eigenvalue weighted by Crippen LogP contribution is -2.41. The third-order valence-corrected chi connectivity index (χ3v) is 3.25. The Kier molecular flexibility index (Phi) is 4.22. The molecule has 1 heterocycles. The summed E-state index contributed by atoms with van der Waals surface area (Å²) in [5.74, 6) is -0.762. The number of amides is 1. The van der Waals surface area contributed by atoms with Crippen LogP contribution in [0.4, 0.5) is 0 Å². The third-order valence-electron chi connectivity index (χ3n) is 3.25. The number of nitrogens with zero attached hydrogens (tertiary/aromatic N) is 4. The van der Waals surface area contributed by atoms with Crippen LogP contribution < -0.4 is 0 Å². The van der Waals surface area contributed by atoms with Gasteiger partial charge in [-0.2, -0.15) is 0 Å². The summed E-state index contributed by atoms with van der Waals surface area (Å²) in [6.45, 7) is 0.220. The smallest absolute Gasteiger partial charge is 0.328 e. The summed E-state index contributed by atoms with van der Waals surface area (Å²) in [6.07, 6.45) is 0.287. The van der Waals surface area contributed by atoms with Gasteiger partial charge in [0.1, 0.15) is 6.04 Å². The van der Waals surface area contributed by atoms with Crippen LogP contribution in [0.3, 0.4) is 0 Å². The number of ether oxygens (including phenoxy) is 1. The van der Waals surface area contributed by atoms with Gasteiger partial charge in [-0.3, -0.25) is 4.79 Å². The second-order valence-electron chi connectivity index (χ2n) is 4.46. The van der Waals surface area contributed by atoms with Crippen molar-refractivity contribution in [1.82, 2.24) is 4.90 Å². The van der Waals surface area contributed by atoms with Crippen LogP contribution in [0.2, 0.25) is 0 Å². The van der Waals surface area contributed by atoms with Crippen molar-refractivity contribution in [2.45, 2.75) is 18.5 Å². The maximum atomic E-state index is 12.4. The Balaban J connectivity index is 2.25. The molecule has 1 amide bonds. The van der Waals surface area contributed by atoms with Gasteiger partial charge in [0.15, 0.2) is 0 Å². The van der Waals surface area contributed by atoms with Crippen molar-refractivity contribution in [3.63, 3.8) is 0 Å². The molecule has 7 heteroatoms. The highest BCUT2D eigenvalue weighted by molar-refractivity contribution is 5.97. The van der Waals surface area contributed by atoms with Gasteiger partial charge in [0.05, 0.1) is 13.2 Å². The zero-order valence-corrected chi connectivity index (χ0v) is 11.0. The van der Waals surface area contributed by atoms with Crippen LogP contribution in [0, 0.1) is 0 Å². The topological polar surface area (TPSA) is 95.4 Å². The minimum absolute atomic E-state index is 0.220. The zero-order chi connectivity index (χ0) is 14.5. The molecule has 2 atom stereocenters. The Morgan fingerprint density at radius 1 is 1.40 bits per heavy atom. The van der Waals surface area contributed by atoms with Crippen molar-refractivity contribution in [1.29, 1.82) is 0 Å². The number of rotatable bonds is 3. The van der Waals surface area contributed by atoms with Crippen LogP contribution in [-0.2, 0) is 9.53 Å². The molecule has 1 aliphatic heterocycles. The van der Waals surface area contributed by atoms with E-state index >= 15 is 0 Å². The average Bonchev–Trinajstić information content (AvgIpc) is 2.91. The molecule has 7 nitrogen and oxygen atoms in total. The summed E-state index contributed by atoms with van der Waals surface area (Å²) in [5, 5.41) is 3.60. The second kappa shape index (κ2) is 6.08. The van der Waals surface area contributed by atoms with E-state index in [0.29, 0.717) is 5.56 Å². The van der Waals surface area contributed by atoms with Crippen molar-refractivity contribution in [2.75, 3.05) is 13.7 Å². The highest BCUT2D eigenvalue weighted by Crippen LogP contribution is 2.23. The quantitative estimate of drug-likeness (QED) is 0.363. The Morgan fingerprint density at radius 3 is 2.70 bits per heavy atom. The monoisotopic (exact) mass is 274 g/mol. The minimum atomic E-state index is -0.705. The van der Waals surface area contributed by atoms with Gasteiger partial charge in [-0.1, -0.05) is 23.3 Å². The Hall–Kier alpha value is -2.53. The van der Waals surface area contributed by atoms with E-state index in [0.717, 1.165) is 0 Å². The molecule has 104 valence electrons. The van der Waals surface area contributed by atoms with E-state index < -0.39 is 18.1 Å². The third kappa shape index (κ3) is 2.73. The fraction of sp³-hybridized carbons (Fsp3) is 0.385.